The van der Waals surface area contributed by atoms with Gasteiger partial charge in [0.05, 0.1) is 5.69 Å². The lowest BCUT2D eigenvalue weighted by molar-refractivity contribution is 0.101. The molecule has 15 heavy (non-hydrogen) atoms. The van der Waals surface area contributed by atoms with E-state index >= 15 is 0 Å². The first-order valence-corrected chi connectivity index (χ1v) is 4.34. The van der Waals surface area contributed by atoms with Crippen molar-refractivity contribution in [2.75, 3.05) is 0 Å². The van der Waals surface area contributed by atoms with E-state index in [-0.39, 0.29) is 5.78 Å². The van der Waals surface area contributed by atoms with Crippen LogP contribution in [0.2, 0.25) is 0 Å². The fourth-order valence-corrected chi connectivity index (χ4v) is 1.32. The van der Waals surface area contributed by atoms with Crippen molar-refractivity contribution in [2.24, 2.45) is 0 Å². The lowest BCUT2D eigenvalue weighted by Gasteiger charge is -2.05. The zero-order valence-corrected chi connectivity index (χ0v) is 8.01. The number of hydrogen-bond acceptors (Lipinski definition) is 3. The first-order chi connectivity index (χ1) is 7.18. The third-order valence-corrected chi connectivity index (χ3v) is 2.00. The van der Waals surface area contributed by atoms with Crippen LogP contribution in [0.3, 0.4) is 0 Å². The van der Waals surface area contributed by atoms with Crippen LogP contribution in [0.25, 0.3) is 5.69 Å². The largest absolute Gasteiger partial charge is 0.294 e. The Bertz CT molecular complexity index is 493. The molecule has 0 spiro atoms. The standard InChI is InChI=1S/C10H8FN3O/c1-7(15)9-4-8(11)2-3-10(9)14-6-12-5-13-14/h2-6H,1H3. The predicted molar refractivity (Wildman–Crippen MR) is 51.3 cm³/mol. The van der Waals surface area contributed by atoms with E-state index in [1.165, 1.54) is 42.5 Å². The van der Waals surface area contributed by atoms with Crippen molar-refractivity contribution >= 4 is 5.78 Å². The Hall–Kier alpha value is -2.04. The highest BCUT2D eigenvalue weighted by atomic mass is 19.1. The molecule has 1 aromatic heterocycles. The average molecular weight is 205 g/mol. The predicted octanol–water partition coefficient (Wildman–Crippen LogP) is 1.61. The summed E-state index contributed by atoms with van der Waals surface area (Å²) in [7, 11) is 0. The highest BCUT2D eigenvalue weighted by molar-refractivity contribution is 5.97. The molecule has 0 saturated heterocycles. The van der Waals surface area contributed by atoms with Gasteiger partial charge in [-0.15, -0.1) is 0 Å². The third kappa shape index (κ3) is 1.76. The van der Waals surface area contributed by atoms with Gasteiger partial charge in [-0.2, -0.15) is 5.10 Å². The Morgan fingerprint density at radius 3 is 2.87 bits per heavy atom. The molecule has 1 aromatic carbocycles. The number of aromatic nitrogens is 3. The summed E-state index contributed by atoms with van der Waals surface area (Å²) in [6.07, 6.45) is 2.81. The van der Waals surface area contributed by atoms with Crippen LogP contribution in [0.15, 0.2) is 30.9 Å². The lowest BCUT2D eigenvalue weighted by Crippen LogP contribution is -2.04. The number of hydrogen-bond donors (Lipinski definition) is 0. The third-order valence-electron chi connectivity index (χ3n) is 2.00. The minimum atomic E-state index is -0.441. The number of ketones is 1. The highest BCUT2D eigenvalue weighted by Crippen LogP contribution is 2.15. The van der Waals surface area contributed by atoms with E-state index in [0.717, 1.165) is 0 Å². The molecule has 76 valence electrons. The van der Waals surface area contributed by atoms with Gasteiger partial charge in [-0.05, 0) is 25.1 Å². The molecule has 2 aromatic rings. The average Bonchev–Trinajstić information content (AvgIpc) is 2.70. The molecule has 0 fully saturated rings. The van der Waals surface area contributed by atoms with Gasteiger partial charge in [0.15, 0.2) is 5.78 Å². The van der Waals surface area contributed by atoms with Gasteiger partial charge in [-0.1, -0.05) is 0 Å². The molecular weight excluding hydrogens is 197 g/mol. The summed E-state index contributed by atoms with van der Waals surface area (Å²) in [6, 6.07) is 3.98. The molecular formula is C10H8FN3O. The Morgan fingerprint density at radius 2 is 2.27 bits per heavy atom. The fourth-order valence-electron chi connectivity index (χ4n) is 1.32. The van der Waals surface area contributed by atoms with Crippen LogP contribution in [0.5, 0.6) is 0 Å². The molecule has 0 aliphatic heterocycles. The molecule has 0 saturated carbocycles. The first kappa shape index (κ1) is 9.51. The van der Waals surface area contributed by atoms with E-state index in [0.29, 0.717) is 11.3 Å². The number of carbonyl (C=O) groups excluding carboxylic acids is 1. The molecule has 0 amide bonds. The van der Waals surface area contributed by atoms with Gasteiger partial charge in [0, 0.05) is 5.56 Å². The molecule has 0 N–H and O–H groups in total. The minimum absolute atomic E-state index is 0.208. The van der Waals surface area contributed by atoms with Crippen molar-refractivity contribution in [3.05, 3.63) is 42.2 Å². The van der Waals surface area contributed by atoms with Crippen molar-refractivity contribution in [3.63, 3.8) is 0 Å². The van der Waals surface area contributed by atoms with Gasteiger partial charge in [-0.25, -0.2) is 14.1 Å². The molecule has 4 nitrogen and oxygen atoms in total. The molecule has 2 rings (SSSR count). The molecule has 1 heterocycles. The molecule has 0 aliphatic carbocycles. The number of nitrogens with zero attached hydrogens (tertiary/aromatic N) is 3. The van der Waals surface area contributed by atoms with E-state index in [2.05, 4.69) is 10.1 Å². The summed E-state index contributed by atoms with van der Waals surface area (Å²) >= 11 is 0. The van der Waals surface area contributed by atoms with E-state index in [4.69, 9.17) is 0 Å². The second-order valence-corrected chi connectivity index (χ2v) is 3.06. The van der Waals surface area contributed by atoms with E-state index in [9.17, 15) is 9.18 Å². The van der Waals surface area contributed by atoms with Gasteiger partial charge in [0.25, 0.3) is 0 Å². The van der Waals surface area contributed by atoms with Gasteiger partial charge in [-0.3, -0.25) is 4.79 Å². The number of benzene rings is 1. The number of carbonyl (C=O) groups is 1. The monoisotopic (exact) mass is 205 g/mol. The summed E-state index contributed by atoms with van der Waals surface area (Å²) in [5.41, 5.74) is 0.821. The Kier molecular flexibility index (Phi) is 2.29. The molecule has 0 radical (unpaired) electrons. The van der Waals surface area contributed by atoms with Crippen LogP contribution in [-0.2, 0) is 0 Å². The van der Waals surface area contributed by atoms with Crippen LogP contribution >= 0.6 is 0 Å². The van der Waals surface area contributed by atoms with Crippen molar-refractivity contribution in [1.29, 1.82) is 0 Å². The molecule has 0 aliphatic rings. The smallest absolute Gasteiger partial charge is 0.162 e. The second-order valence-electron chi connectivity index (χ2n) is 3.06. The zero-order chi connectivity index (χ0) is 10.8. The van der Waals surface area contributed by atoms with Crippen molar-refractivity contribution in [1.82, 2.24) is 14.8 Å². The number of Topliss-reactive ketones (excluding diaryl/α,β-unsaturated/α-hetero) is 1. The quantitative estimate of drug-likeness (QED) is 0.700. The topological polar surface area (TPSA) is 47.8 Å². The van der Waals surface area contributed by atoms with Crippen LogP contribution in [0, 0.1) is 5.82 Å². The Morgan fingerprint density at radius 1 is 1.47 bits per heavy atom. The zero-order valence-electron chi connectivity index (χ0n) is 8.01. The number of halogens is 1. The summed E-state index contributed by atoms with van der Waals surface area (Å²) in [5, 5.41) is 3.89. The van der Waals surface area contributed by atoms with Gasteiger partial charge >= 0.3 is 0 Å². The van der Waals surface area contributed by atoms with E-state index in [1.54, 1.807) is 0 Å². The Labute approximate surface area is 85.4 Å². The van der Waals surface area contributed by atoms with Crippen molar-refractivity contribution in [3.8, 4) is 5.69 Å². The van der Waals surface area contributed by atoms with Crippen molar-refractivity contribution in [2.45, 2.75) is 6.92 Å². The fraction of sp³-hybridized carbons (Fsp3) is 0.100. The van der Waals surface area contributed by atoms with Gasteiger partial charge < -0.3 is 0 Å². The maximum atomic E-state index is 13.0. The molecule has 0 atom stereocenters. The number of rotatable bonds is 2. The normalized spacial score (nSPS) is 10.3. The lowest BCUT2D eigenvalue weighted by atomic mass is 10.1. The summed E-state index contributed by atoms with van der Waals surface area (Å²) < 4.78 is 14.4. The first-order valence-electron chi connectivity index (χ1n) is 4.34. The van der Waals surface area contributed by atoms with Crippen LogP contribution in [-0.4, -0.2) is 20.5 Å². The van der Waals surface area contributed by atoms with Gasteiger partial charge in [0.1, 0.15) is 18.5 Å². The Balaban J connectivity index is 2.61. The maximum Gasteiger partial charge on any atom is 0.162 e. The van der Waals surface area contributed by atoms with Gasteiger partial charge in [0.2, 0.25) is 0 Å². The van der Waals surface area contributed by atoms with Crippen LogP contribution in [0.4, 0.5) is 4.39 Å². The maximum absolute atomic E-state index is 13.0. The van der Waals surface area contributed by atoms with Crippen LogP contribution in [0.1, 0.15) is 17.3 Å². The summed E-state index contributed by atoms with van der Waals surface area (Å²) in [6.45, 7) is 1.38. The van der Waals surface area contributed by atoms with Crippen molar-refractivity contribution < 1.29 is 9.18 Å². The highest BCUT2D eigenvalue weighted by Gasteiger charge is 2.10. The molecule has 0 unspecified atom stereocenters. The molecule has 0 bridgehead atoms. The minimum Gasteiger partial charge on any atom is -0.294 e. The summed E-state index contributed by atoms with van der Waals surface area (Å²) in [5.74, 6) is -0.649. The van der Waals surface area contributed by atoms with E-state index in [1.807, 2.05) is 0 Å². The summed E-state index contributed by atoms with van der Waals surface area (Å²) in [4.78, 5) is 15.1. The SMILES string of the molecule is CC(=O)c1cc(F)ccc1-n1cncn1. The van der Waals surface area contributed by atoms with E-state index < -0.39 is 5.82 Å². The molecule has 5 heteroatoms. The van der Waals surface area contributed by atoms with Crippen LogP contribution < -0.4 is 0 Å². The second kappa shape index (κ2) is 3.61.